The maximum Gasteiger partial charge on any atom is 0.267 e. The summed E-state index contributed by atoms with van der Waals surface area (Å²) >= 11 is 0. The minimum Gasteiger partial charge on any atom is -0.351 e. The van der Waals surface area contributed by atoms with E-state index in [-0.39, 0.29) is 17.5 Å². The number of benzene rings is 2. The first kappa shape index (κ1) is 20.6. The molecule has 0 saturated heterocycles. The summed E-state index contributed by atoms with van der Waals surface area (Å²) in [5.74, 6) is -0.530. The maximum absolute atomic E-state index is 12.6. The first-order valence-electron chi connectivity index (χ1n) is 9.52. The Morgan fingerprint density at radius 2 is 1.74 bits per heavy atom. The Morgan fingerprint density at radius 3 is 2.44 bits per heavy atom. The zero-order chi connectivity index (χ0) is 19.6. The van der Waals surface area contributed by atoms with E-state index in [1.807, 2.05) is 42.5 Å². The third-order valence-corrected chi connectivity index (χ3v) is 4.51. The largest absolute Gasteiger partial charge is 0.351 e. The molecule has 2 rings (SSSR count). The van der Waals surface area contributed by atoms with E-state index >= 15 is 0 Å². The molecule has 5 heteroatoms. The SMILES string of the molecule is CCN(CC)CCCNC(=O)/C(=C\c1cccc2ccccc12)NC(C)=O. The topological polar surface area (TPSA) is 61.4 Å². The van der Waals surface area contributed by atoms with Gasteiger partial charge in [0.05, 0.1) is 0 Å². The minimum absolute atomic E-state index is 0.264. The number of carbonyl (C=O) groups excluding carboxylic acids is 2. The van der Waals surface area contributed by atoms with Crippen molar-refractivity contribution in [2.24, 2.45) is 0 Å². The van der Waals surface area contributed by atoms with Crippen molar-refractivity contribution in [3.63, 3.8) is 0 Å². The van der Waals surface area contributed by atoms with Gasteiger partial charge in [-0.3, -0.25) is 9.59 Å². The lowest BCUT2D eigenvalue weighted by molar-refractivity contribution is -0.122. The molecule has 0 aromatic heterocycles. The zero-order valence-corrected chi connectivity index (χ0v) is 16.4. The smallest absolute Gasteiger partial charge is 0.267 e. The summed E-state index contributed by atoms with van der Waals surface area (Å²) in [6.45, 7) is 9.18. The van der Waals surface area contributed by atoms with E-state index in [0.717, 1.165) is 42.4 Å². The molecule has 5 nitrogen and oxygen atoms in total. The fourth-order valence-corrected chi connectivity index (χ4v) is 3.02. The zero-order valence-electron chi connectivity index (χ0n) is 16.4. The molecule has 2 amide bonds. The third-order valence-electron chi connectivity index (χ3n) is 4.51. The predicted molar refractivity (Wildman–Crippen MR) is 111 cm³/mol. The number of nitrogens with zero attached hydrogens (tertiary/aromatic N) is 1. The van der Waals surface area contributed by atoms with E-state index in [2.05, 4.69) is 29.4 Å². The highest BCUT2D eigenvalue weighted by Gasteiger charge is 2.12. The van der Waals surface area contributed by atoms with Gasteiger partial charge >= 0.3 is 0 Å². The molecule has 0 bridgehead atoms. The Bertz CT molecular complexity index is 805. The summed E-state index contributed by atoms with van der Waals surface area (Å²) in [4.78, 5) is 26.5. The van der Waals surface area contributed by atoms with Crippen molar-refractivity contribution in [2.75, 3.05) is 26.2 Å². The van der Waals surface area contributed by atoms with Gasteiger partial charge in [-0.25, -0.2) is 0 Å². The predicted octanol–water partition coefficient (Wildman–Crippen LogP) is 3.16. The van der Waals surface area contributed by atoms with Crippen molar-refractivity contribution in [3.05, 3.63) is 53.7 Å². The van der Waals surface area contributed by atoms with Crippen LogP contribution in [0.3, 0.4) is 0 Å². The highest BCUT2D eigenvalue weighted by molar-refractivity contribution is 6.03. The number of hydrogen-bond donors (Lipinski definition) is 2. The first-order chi connectivity index (χ1) is 13.0. The second-order valence-corrected chi connectivity index (χ2v) is 6.44. The molecular formula is C22H29N3O2. The Balaban J connectivity index is 2.13. The van der Waals surface area contributed by atoms with Gasteiger partial charge in [-0.2, -0.15) is 0 Å². The van der Waals surface area contributed by atoms with E-state index in [4.69, 9.17) is 0 Å². The van der Waals surface area contributed by atoms with Crippen LogP contribution in [0.1, 0.15) is 32.8 Å². The summed E-state index contributed by atoms with van der Waals surface area (Å²) < 4.78 is 0. The van der Waals surface area contributed by atoms with Crippen molar-refractivity contribution in [3.8, 4) is 0 Å². The number of amides is 2. The van der Waals surface area contributed by atoms with Gasteiger partial charge in [-0.15, -0.1) is 0 Å². The van der Waals surface area contributed by atoms with Crippen LogP contribution >= 0.6 is 0 Å². The summed E-state index contributed by atoms with van der Waals surface area (Å²) in [5, 5.41) is 7.71. The van der Waals surface area contributed by atoms with Crippen LogP contribution < -0.4 is 10.6 Å². The van der Waals surface area contributed by atoms with Crippen LogP contribution in [0.15, 0.2) is 48.2 Å². The summed E-state index contributed by atoms with van der Waals surface area (Å²) in [6, 6.07) is 13.9. The van der Waals surface area contributed by atoms with Crippen molar-refractivity contribution in [1.82, 2.24) is 15.5 Å². The second kappa shape index (κ2) is 10.5. The molecule has 2 N–H and O–H groups in total. The number of rotatable bonds is 9. The summed E-state index contributed by atoms with van der Waals surface area (Å²) in [5.41, 5.74) is 1.16. The van der Waals surface area contributed by atoms with Crippen molar-refractivity contribution >= 4 is 28.7 Å². The molecule has 0 unspecified atom stereocenters. The van der Waals surface area contributed by atoms with E-state index < -0.39 is 0 Å². The number of carbonyl (C=O) groups is 2. The van der Waals surface area contributed by atoms with Gasteiger partial charge in [0, 0.05) is 13.5 Å². The molecule has 0 aliphatic heterocycles. The van der Waals surface area contributed by atoms with Gasteiger partial charge in [-0.05, 0) is 48.5 Å². The molecule has 0 spiro atoms. The molecule has 0 aliphatic rings. The summed E-state index contributed by atoms with van der Waals surface area (Å²) in [7, 11) is 0. The van der Waals surface area contributed by atoms with Gasteiger partial charge in [0.15, 0.2) is 0 Å². The van der Waals surface area contributed by atoms with Crippen LogP contribution in [-0.4, -0.2) is 42.9 Å². The van der Waals surface area contributed by atoms with Crippen LogP contribution in [-0.2, 0) is 9.59 Å². The molecule has 0 aliphatic carbocycles. The van der Waals surface area contributed by atoms with Crippen LogP contribution in [0.4, 0.5) is 0 Å². The molecule has 0 heterocycles. The van der Waals surface area contributed by atoms with E-state index in [1.54, 1.807) is 6.08 Å². The number of fused-ring (bicyclic) bond motifs is 1. The Kier molecular flexibility index (Phi) is 8.01. The normalized spacial score (nSPS) is 11.6. The van der Waals surface area contributed by atoms with E-state index in [1.165, 1.54) is 6.92 Å². The summed E-state index contributed by atoms with van der Waals surface area (Å²) in [6.07, 6.45) is 2.61. The molecule has 144 valence electrons. The van der Waals surface area contributed by atoms with Crippen LogP contribution in [0, 0.1) is 0 Å². The molecule has 2 aromatic carbocycles. The van der Waals surface area contributed by atoms with E-state index in [0.29, 0.717) is 6.54 Å². The van der Waals surface area contributed by atoms with Crippen molar-refractivity contribution in [1.29, 1.82) is 0 Å². The molecule has 0 saturated carbocycles. The molecular weight excluding hydrogens is 338 g/mol. The van der Waals surface area contributed by atoms with Gasteiger partial charge in [0.25, 0.3) is 5.91 Å². The standard InChI is InChI=1S/C22H29N3O2/c1-4-25(5-2)15-9-14-23-22(27)21(24-17(3)26)16-19-12-8-11-18-10-6-7-13-20(18)19/h6-8,10-13,16H,4-5,9,14-15H2,1-3H3,(H,23,27)(H,24,26)/b21-16+. The molecule has 0 fully saturated rings. The Hall–Kier alpha value is -2.66. The Morgan fingerprint density at radius 1 is 1.04 bits per heavy atom. The first-order valence-corrected chi connectivity index (χ1v) is 9.52. The van der Waals surface area contributed by atoms with Gasteiger partial charge in [-0.1, -0.05) is 56.3 Å². The number of nitrogens with one attached hydrogen (secondary N) is 2. The lowest BCUT2D eigenvalue weighted by Gasteiger charge is -2.18. The lowest BCUT2D eigenvalue weighted by Crippen LogP contribution is -2.35. The van der Waals surface area contributed by atoms with Gasteiger partial charge in [0.1, 0.15) is 5.70 Å². The monoisotopic (exact) mass is 367 g/mol. The van der Waals surface area contributed by atoms with Crippen LogP contribution in [0.25, 0.3) is 16.8 Å². The highest BCUT2D eigenvalue weighted by Crippen LogP contribution is 2.20. The van der Waals surface area contributed by atoms with Crippen LogP contribution in [0.2, 0.25) is 0 Å². The molecule has 0 atom stereocenters. The second-order valence-electron chi connectivity index (χ2n) is 6.44. The fraction of sp³-hybridized carbons (Fsp3) is 0.364. The van der Waals surface area contributed by atoms with Crippen LogP contribution in [0.5, 0.6) is 0 Å². The fourth-order valence-electron chi connectivity index (χ4n) is 3.02. The average molecular weight is 367 g/mol. The van der Waals surface area contributed by atoms with Gasteiger partial charge < -0.3 is 15.5 Å². The van der Waals surface area contributed by atoms with Crippen molar-refractivity contribution < 1.29 is 9.59 Å². The lowest BCUT2D eigenvalue weighted by atomic mass is 10.0. The average Bonchev–Trinajstić information content (AvgIpc) is 2.67. The molecule has 0 radical (unpaired) electrons. The molecule has 2 aromatic rings. The Labute approximate surface area is 161 Å². The maximum atomic E-state index is 12.6. The third kappa shape index (κ3) is 6.22. The minimum atomic E-state index is -0.266. The van der Waals surface area contributed by atoms with Crippen molar-refractivity contribution in [2.45, 2.75) is 27.2 Å². The number of hydrogen-bond acceptors (Lipinski definition) is 3. The van der Waals surface area contributed by atoms with Gasteiger partial charge in [0.2, 0.25) is 5.91 Å². The highest BCUT2D eigenvalue weighted by atomic mass is 16.2. The van der Waals surface area contributed by atoms with E-state index in [9.17, 15) is 9.59 Å². The molecule has 27 heavy (non-hydrogen) atoms. The quantitative estimate of drug-likeness (QED) is 0.529.